The van der Waals surface area contributed by atoms with Crippen LogP contribution in [0.15, 0.2) is 23.3 Å². The number of isocyanates is 1. The van der Waals surface area contributed by atoms with E-state index in [1.54, 1.807) is 6.20 Å². The van der Waals surface area contributed by atoms with Crippen molar-refractivity contribution in [2.75, 3.05) is 0 Å². The first-order chi connectivity index (χ1) is 5.33. The van der Waals surface area contributed by atoms with Crippen LogP contribution < -0.4 is 0 Å². The van der Waals surface area contributed by atoms with Gasteiger partial charge >= 0.3 is 0 Å². The van der Waals surface area contributed by atoms with Crippen molar-refractivity contribution in [3.05, 3.63) is 29.6 Å². The summed E-state index contributed by atoms with van der Waals surface area (Å²) < 4.78 is 0. The zero-order chi connectivity index (χ0) is 8.10. The summed E-state index contributed by atoms with van der Waals surface area (Å²) in [5.74, 6) is 0. The zero-order valence-corrected chi connectivity index (χ0v) is 6.24. The monoisotopic (exact) mass is 148 g/mol. The number of aromatic nitrogens is 1. The van der Waals surface area contributed by atoms with Gasteiger partial charge in [0.2, 0.25) is 6.08 Å². The van der Waals surface area contributed by atoms with Gasteiger partial charge in [0.25, 0.3) is 0 Å². The number of pyridine rings is 1. The van der Waals surface area contributed by atoms with Gasteiger partial charge in [-0.15, -0.1) is 0 Å². The number of aryl methyl sites for hydroxylation is 1. The first-order valence-electron chi connectivity index (χ1n) is 3.28. The van der Waals surface area contributed by atoms with Crippen LogP contribution >= 0.6 is 0 Å². The van der Waals surface area contributed by atoms with Crippen molar-refractivity contribution >= 4 is 6.08 Å². The lowest BCUT2D eigenvalue weighted by Crippen LogP contribution is -1.86. The minimum Gasteiger partial charge on any atom is -0.259 e. The Labute approximate surface area is 64.8 Å². The van der Waals surface area contributed by atoms with Crippen LogP contribution in [0.3, 0.4) is 0 Å². The van der Waals surface area contributed by atoms with E-state index in [0.717, 1.165) is 11.3 Å². The summed E-state index contributed by atoms with van der Waals surface area (Å²) in [4.78, 5) is 17.2. The van der Waals surface area contributed by atoms with Gasteiger partial charge in [-0.25, -0.2) is 4.79 Å². The van der Waals surface area contributed by atoms with Crippen molar-refractivity contribution in [3.63, 3.8) is 0 Å². The summed E-state index contributed by atoms with van der Waals surface area (Å²) >= 11 is 0. The molecule has 0 saturated heterocycles. The van der Waals surface area contributed by atoms with E-state index in [1.165, 1.54) is 6.08 Å². The second kappa shape index (κ2) is 3.64. The number of hydrogen-bond donors (Lipinski definition) is 0. The van der Waals surface area contributed by atoms with Gasteiger partial charge in [0.1, 0.15) is 0 Å². The summed E-state index contributed by atoms with van der Waals surface area (Å²) in [6, 6.07) is 3.79. The van der Waals surface area contributed by atoms with Crippen LogP contribution in [-0.2, 0) is 11.3 Å². The fraction of sp³-hybridized carbons (Fsp3) is 0.250. The van der Waals surface area contributed by atoms with E-state index in [2.05, 4.69) is 9.98 Å². The Morgan fingerprint density at radius 3 is 3.18 bits per heavy atom. The van der Waals surface area contributed by atoms with Gasteiger partial charge in [0, 0.05) is 6.20 Å². The van der Waals surface area contributed by atoms with E-state index in [0.29, 0.717) is 6.54 Å². The molecule has 3 nitrogen and oxygen atoms in total. The summed E-state index contributed by atoms with van der Waals surface area (Å²) in [5, 5.41) is 0. The van der Waals surface area contributed by atoms with Crippen molar-refractivity contribution < 1.29 is 4.79 Å². The smallest absolute Gasteiger partial charge is 0.235 e. The number of nitrogens with zero attached hydrogens (tertiary/aromatic N) is 2. The molecule has 56 valence electrons. The molecule has 0 amide bonds. The number of aliphatic imine (C=N–C) groups is 1. The lowest BCUT2D eigenvalue weighted by atomic mass is 10.2. The van der Waals surface area contributed by atoms with Gasteiger partial charge in [-0.3, -0.25) is 4.98 Å². The van der Waals surface area contributed by atoms with Crippen LogP contribution in [-0.4, -0.2) is 11.1 Å². The number of hydrogen-bond acceptors (Lipinski definition) is 3. The maximum Gasteiger partial charge on any atom is 0.235 e. The second-order valence-electron chi connectivity index (χ2n) is 2.23. The Morgan fingerprint density at radius 2 is 2.55 bits per heavy atom. The van der Waals surface area contributed by atoms with Gasteiger partial charge in [-0.2, -0.15) is 4.99 Å². The van der Waals surface area contributed by atoms with Gasteiger partial charge in [-0.1, -0.05) is 0 Å². The summed E-state index contributed by atoms with van der Waals surface area (Å²) in [6.45, 7) is 2.29. The van der Waals surface area contributed by atoms with Crippen molar-refractivity contribution in [3.8, 4) is 0 Å². The Kier molecular flexibility index (Phi) is 2.53. The molecular formula is C8H8N2O. The largest absolute Gasteiger partial charge is 0.259 e. The lowest BCUT2D eigenvalue weighted by molar-refractivity contribution is 0.562. The van der Waals surface area contributed by atoms with Crippen molar-refractivity contribution in [1.82, 2.24) is 4.98 Å². The second-order valence-corrected chi connectivity index (χ2v) is 2.23. The molecule has 1 aromatic rings. The Bertz CT molecular complexity index is 290. The lowest BCUT2D eigenvalue weighted by Gasteiger charge is -1.94. The zero-order valence-electron chi connectivity index (χ0n) is 6.24. The predicted molar refractivity (Wildman–Crippen MR) is 40.8 cm³/mol. The molecule has 1 heterocycles. The third-order valence-corrected chi connectivity index (χ3v) is 1.28. The van der Waals surface area contributed by atoms with E-state index in [-0.39, 0.29) is 0 Å². The van der Waals surface area contributed by atoms with E-state index in [1.807, 2.05) is 19.1 Å². The summed E-state index contributed by atoms with van der Waals surface area (Å²) in [6.07, 6.45) is 3.17. The molecule has 3 heteroatoms. The van der Waals surface area contributed by atoms with Gasteiger partial charge in [-0.05, 0) is 24.6 Å². The molecule has 0 atom stereocenters. The molecule has 1 aromatic heterocycles. The highest BCUT2D eigenvalue weighted by molar-refractivity contribution is 5.33. The first-order valence-corrected chi connectivity index (χ1v) is 3.28. The Balaban J connectivity index is 2.79. The number of carbonyl (C=O) groups excluding carboxylic acids is 1. The molecule has 0 bridgehead atoms. The molecule has 0 saturated carbocycles. The van der Waals surface area contributed by atoms with Crippen LogP contribution in [0.2, 0.25) is 0 Å². The highest BCUT2D eigenvalue weighted by Crippen LogP contribution is 2.00. The molecule has 0 aliphatic heterocycles. The molecule has 0 radical (unpaired) electrons. The molecule has 0 fully saturated rings. The van der Waals surface area contributed by atoms with E-state index in [9.17, 15) is 4.79 Å². The molecule has 0 N–H and O–H groups in total. The highest BCUT2D eigenvalue weighted by Gasteiger charge is 1.90. The minimum atomic E-state index is 0.325. The molecule has 0 spiro atoms. The van der Waals surface area contributed by atoms with E-state index < -0.39 is 0 Å². The first kappa shape index (κ1) is 7.63. The Hall–Kier alpha value is -1.47. The van der Waals surface area contributed by atoms with Crippen molar-refractivity contribution in [1.29, 1.82) is 0 Å². The third kappa shape index (κ3) is 2.32. The molecule has 11 heavy (non-hydrogen) atoms. The van der Waals surface area contributed by atoms with Crippen molar-refractivity contribution in [2.24, 2.45) is 4.99 Å². The van der Waals surface area contributed by atoms with Gasteiger partial charge < -0.3 is 0 Å². The average molecular weight is 148 g/mol. The van der Waals surface area contributed by atoms with Crippen LogP contribution in [0.4, 0.5) is 0 Å². The van der Waals surface area contributed by atoms with Crippen LogP contribution in [0, 0.1) is 6.92 Å². The summed E-state index contributed by atoms with van der Waals surface area (Å²) in [5.41, 5.74) is 1.92. The third-order valence-electron chi connectivity index (χ3n) is 1.28. The molecule has 0 aromatic carbocycles. The maximum atomic E-state index is 9.74. The molecular weight excluding hydrogens is 140 g/mol. The summed E-state index contributed by atoms with van der Waals surface area (Å²) in [7, 11) is 0. The molecule has 0 aliphatic rings. The fourth-order valence-electron chi connectivity index (χ4n) is 0.799. The minimum absolute atomic E-state index is 0.325. The molecule has 0 unspecified atom stereocenters. The fourth-order valence-corrected chi connectivity index (χ4v) is 0.799. The van der Waals surface area contributed by atoms with Gasteiger partial charge in [0.05, 0.1) is 12.2 Å². The van der Waals surface area contributed by atoms with Crippen LogP contribution in [0.5, 0.6) is 0 Å². The molecule has 1 rings (SSSR count). The molecule has 0 aliphatic carbocycles. The average Bonchev–Trinajstić information content (AvgIpc) is 2.01. The maximum absolute atomic E-state index is 9.74. The van der Waals surface area contributed by atoms with Crippen LogP contribution in [0.1, 0.15) is 11.3 Å². The quantitative estimate of drug-likeness (QED) is 0.467. The number of rotatable bonds is 2. The predicted octanol–water partition coefficient (Wildman–Crippen LogP) is 1.23. The van der Waals surface area contributed by atoms with Gasteiger partial charge in [0.15, 0.2) is 0 Å². The Morgan fingerprint density at radius 1 is 1.73 bits per heavy atom. The highest BCUT2D eigenvalue weighted by atomic mass is 16.1. The standard InChI is InChI=1S/C8H8N2O/c1-7-2-3-10-8(4-7)5-9-6-11/h2-4H,5H2,1H3. The SMILES string of the molecule is Cc1ccnc(CN=C=O)c1. The normalized spacial score (nSPS) is 8.82. The van der Waals surface area contributed by atoms with E-state index >= 15 is 0 Å². The van der Waals surface area contributed by atoms with Crippen molar-refractivity contribution in [2.45, 2.75) is 13.5 Å². The van der Waals surface area contributed by atoms with E-state index in [4.69, 9.17) is 0 Å². The van der Waals surface area contributed by atoms with Crippen LogP contribution in [0.25, 0.3) is 0 Å². The topological polar surface area (TPSA) is 42.3 Å².